The van der Waals surface area contributed by atoms with E-state index in [9.17, 15) is 0 Å². The molecule has 0 radical (unpaired) electrons. The molecule has 0 aliphatic heterocycles. The fourth-order valence-corrected chi connectivity index (χ4v) is 2.39. The molecule has 1 aromatic rings. The lowest BCUT2D eigenvalue weighted by Crippen LogP contribution is -1.99. The molecule has 1 rings (SSSR count). The van der Waals surface area contributed by atoms with Crippen LogP contribution in [0.1, 0.15) is 25.8 Å². The molecular formula is C11H18N2S. The second-order valence-electron chi connectivity index (χ2n) is 3.72. The highest BCUT2D eigenvalue weighted by molar-refractivity contribution is 7.99. The van der Waals surface area contributed by atoms with Crippen LogP contribution < -0.4 is 5.73 Å². The Hall–Kier alpha value is -0.540. The van der Waals surface area contributed by atoms with Crippen LogP contribution in [-0.4, -0.2) is 10.7 Å². The third-order valence-corrected chi connectivity index (χ3v) is 3.16. The lowest BCUT2D eigenvalue weighted by Gasteiger charge is -2.07. The Kier molecular flexibility index (Phi) is 4.98. The second-order valence-corrected chi connectivity index (χ2v) is 4.86. The van der Waals surface area contributed by atoms with Crippen molar-refractivity contribution < 1.29 is 0 Å². The van der Waals surface area contributed by atoms with Gasteiger partial charge in [-0.05, 0) is 29.7 Å². The third kappa shape index (κ3) is 3.68. The molecule has 0 aliphatic rings. The van der Waals surface area contributed by atoms with E-state index in [0.29, 0.717) is 6.54 Å². The Bertz CT molecular complexity index is 274. The van der Waals surface area contributed by atoms with Crippen molar-refractivity contribution in [3.05, 3.63) is 24.0 Å². The monoisotopic (exact) mass is 210 g/mol. The van der Waals surface area contributed by atoms with Gasteiger partial charge in [-0.3, -0.25) is 4.98 Å². The predicted molar refractivity (Wildman–Crippen MR) is 62.3 cm³/mol. The van der Waals surface area contributed by atoms with E-state index in [2.05, 4.69) is 18.8 Å². The summed E-state index contributed by atoms with van der Waals surface area (Å²) >= 11 is 1.86. The molecule has 0 aliphatic carbocycles. The number of aromatic nitrogens is 1. The summed E-state index contributed by atoms with van der Waals surface area (Å²) in [5, 5.41) is 0. The molecule has 78 valence electrons. The van der Waals surface area contributed by atoms with E-state index in [4.69, 9.17) is 5.73 Å². The van der Waals surface area contributed by atoms with Gasteiger partial charge in [0.1, 0.15) is 0 Å². The Morgan fingerprint density at radius 2 is 2.29 bits per heavy atom. The summed E-state index contributed by atoms with van der Waals surface area (Å²) in [4.78, 5) is 5.35. The van der Waals surface area contributed by atoms with E-state index >= 15 is 0 Å². The van der Waals surface area contributed by atoms with Gasteiger partial charge in [0.2, 0.25) is 0 Å². The minimum Gasteiger partial charge on any atom is -0.326 e. The van der Waals surface area contributed by atoms with Gasteiger partial charge in [0, 0.05) is 23.8 Å². The van der Waals surface area contributed by atoms with Gasteiger partial charge in [0.05, 0.1) is 0 Å². The molecule has 14 heavy (non-hydrogen) atoms. The van der Waals surface area contributed by atoms with Crippen LogP contribution in [0.3, 0.4) is 0 Å². The van der Waals surface area contributed by atoms with E-state index in [1.54, 1.807) is 6.20 Å². The molecule has 0 saturated heterocycles. The van der Waals surface area contributed by atoms with Crippen LogP contribution in [-0.2, 0) is 6.54 Å². The molecular weight excluding hydrogens is 192 g/mol. The topological polar surface area (TPSA) is 38.9 Å². The van der Waals surface area contributed by atoms with E-state index in [1.165, 1.54) is 16.9 Å². The molecule has 0 bridgehead atoms. The number of hydrogen-bond acceptors (Lipinski definition) is 3. The van der Waals surface area contributed by atoms with E-state index < -0.39 is 0 Å². The minimum absolute atomic E-state index is 0.604. The molecule has 0 amide bonds. The molecule has 1 heterocycles. The first kappa shape index (κ1) is 11.5. The Morgan fingerprint density at radius 1 is 1.50 bits per heavy atom. The zero-order valence-electron chi connectivity index (χ0n) is 8.86. The van der Waals surface area contributed by atoms with Crippen LogP contribution in [0.2, 0.25) is 0 Å². The zero-order chi connectivity index (χ0) is 10.4. The summed E-state index contributed by atoms with van der Waals surface area (Å²) in [6.07, 6.45) is 4.95. The first-order chi connectivity index (χ1) is 6.74. The number of nitrogens with two attached hydrogens (primary N) is 1. The second kappa shape index (κ2) is 6.04. The van der Waals surface area contributed by atoms with Crippen molar-refractivity contribution in [3.63, 3.8) is 0 Å². The number of thioether (sulfide) groups is 1. The van der Waals surface area contributed by atoms with Gasteiger partial charge in [-0.25, -0.2) is 0 Å². The third-order valence-electron chi connectivity index (χ3n) is 2.04. The number of rotatable bonds is 5. The summed E-state index contributed by atoms with van der Waals surface area (Å²) < 4.78 is 0. The normalized spacial score (nSPS) is 10.9. The van der Waals surface area contributed by atoms with Crippen LogP contribution in [0.15, 0.2) is 23.4 Å². The maximum Gasteiger partial charge on any atom is 0.0407 e. The fourth-order valence-electron chi connectivity index (χ4n) is 1.11. The summed E-state index contributed by atoms with van der Waals surface area (Å²) in [6.45, 7) is 5.09. The highest BCUT2D eigenvalue weighted by Crippen LogP contribution is 2.23. The zero-order valence-corrected chi connectivity index (χ0v) is 9.68. The summed E-state index contributed by atoms with van der Waals surface area (Å²) in [6, 6.07) is 2.00. The van der Waals surface area contributed by atoms with Crippen molar-refractivity contribution in [3.8, 4) is 0 Å². The highest BCUT2D eigenvalue weighted by Gasteiger charge is 2.01. The quantitative estimate of drug-likeness (QED) is 0.759. The molecule has 1 aromatic heterocycles. The van der Waals surface area contributed by atoms with Gasteiger partial charge in [-0.15, -0.1) is 11.8 Å². The van der Waals surface area contributed by atoms with Gasteiger partial charge in [-0.1, -0.05) is 13.8 Å². The average Bonchev–Trinajstić information content (AvgIpc) is 2.18. The van der Waals surface area contributed by atoms with Gasteiger partial charge in [0.25, 0.3) is 0 Å². The Morgan fingerprint density at radius 3 is 2.93 bits per heavy atom. The number of pyridine rings is 1. The molecule has 0 atom stereocenters. The highest BCUT2D eigenvalue weighted by atomic mass is 32.2. The predicted octanol–water partition coefficient (Wildman–Crippen LogP) is 2.68. The molecule has 0 unspecified atom stereocenters. The molecule has 2 N–H and O–H groups in total. The van der Waals surface area contributed by atoms with Crippen LogP contribution in [0.4, 0.5) is 0 Å². The minimum atomic E-state index is 0.604. The van der Waals surface area contributed by atoms with Crippen LogP contribution in [0.25, 0.3) is 0 Å². The van der Waals surface area contributed by atoms with Crippen molar-refractivity contribution in [2.24, 2.45) is 11.7 Å². The van der Waals surface area contributed by atoms with E-state index in [0.717, 1.165) is 11.7 Å². The number of nitrogens with zero attached hydrogens (tertiary/aromatic N) is 1. The molecule has 0 fully saturated rings. The summed E-state index contributed by atoms with van der Waals surface area (Å²) in [5.41, 5.74) is 6.84. The van der Waals surface area contributed by atoms with Gasteiger partial charge in [0.15, 0.2) is 0 Å². The van der Waals surface area contributed by atoms with Gasteiger partial charge in [-0.2, -0.15) is 0 Å². The standard InChI is InChI=1S/C11H18N2S/c1-9(2)4-6-14-11-8-13-5-3-10(11)7-12/h3,5,8-9H,4,6-7,12H2,1-2H3. The smallest absolute Gasteiger partial charge is 0.0407 e. The van der Waals surface area contributed by atoms with Crippen molar-refractivity contribution in [2.45, 2.75) is 31.7 Å². The number of hydrogen-bond donors (Lipinski definition) is 1. The Labute approximate surface area is 90.3 Å². The van der Waals surface area contributed by atoms with Crippen LogP contribution in [0.5, 0.6) is 0 Å². The maximum atomic E-state index is 5.64. The first-order valence-corrected chi connectivity index (χ1v) is 5.98. The fraction of sp³-hybridized carbons (Fsp3) is 0.545. The molecule has 0 saturated carbocycles. The first-order valence-electron chi connectivity index (χ1n) is 4.99. The molecule has 2 nitrogen and oxygen atoms in total. The largest absolute Gasteiger partial charge is 0.326 e. The van der Waals surface area contributed by atoms with Crippen LogP contribution >= 0.6 is 11.8 Å². The Balaban J connectivity index is 2.49. The van der Waals surface area contributed by atoms with Gasteiger partial charge >= 0.3 is 0 Å². The SMILES string of the molecule is CC(C)CCSc1cnccc1CN. The van der Waals surface area contributed by atoms with Crippen LogP contribution in [0, 0.1) is 5.92 Å². The van der Waals surface area contributed by atoms with Gasteiger partial charge < -0.3 is 5.73 Å². The van der Waals surface area contributed by atoms with Crippen molar-refractivity contribution in [1.29, 1.82) is 0 Å². The molecule has 0 spiro atoms. The van der Waals surface area contributed by atoms with Crippen molar-refractivity contribution in [1.82, 2.24) is 4.98 Å². The average molecular weight is 210 g/mol. The summed E-state index contributed by atoms with van der Waals surface area (Å²) in [5.74, 6) is 1.91. The van der Waals surface area contributed by atoms with Crippen molar-refractivity contribution >= 4 is 11.8 Å². The maximum absolute atomic E-state index is 5.64. The lowest BCUT2D eigenvalue weighted by atomic mass is 10.2. The molecule has 3 heteroatoms. The van der Waals surface area contributed by atoms with E-state index in [1.807, 2.05) is 24.0 Å². The summed E-state index contributed by atoms with van der Waals surface area (Å²) in [7, 11) is 0. The molecule has 0 aromatic carbocycles. The van der Waals surface area contributed by atoms with Crippen molar-refractivity contribution in [2.75, 3.05) is 5.75 Å². The van der Waals surface area contributed by atoms with E-state index in [-0.39, 0.29) is 0 Å². The lowest BCUT2D eigenvalue weighted by molar-refractivity contribution is 0.632.